The number of nitrogens with zero attached hydrogens (tertiary/aromatic N) is 1. The molecule has 1 saturated carbocycles. The molecule has 0 spiro atoms. The van der Waals surface area contributed by atoms with E-state index >= 15 is 0 Å². The Bertz CT molecular complexity index is 501. The first-order chi connectivity index (χ1) is 7.94. The summed E-state index contributed by atoms with van der Waals surface area (Å²) in [5, 5.41) is 2.94. The molecule has 17 heavy (non-hydrogen) atoms. The zero-order valence-corrected chi connectivity index (χ0v) is 10.3. The van der Waals surface area contributed by atoms with E-state index in [1.165, 1.54) is 6.20 Å². The monoisotopic (exact) mass is 235 g/mol. The standard InChI is InChI=1S/C12H17N3O2/c1-7(2)12(4-5-12)15-11(17)9-6-13-8(3)14-10(9)16/h6-7H,4-5H2,1-3H3,(H,15,17)(H,13,14,16). The third-order valence-corrected chi connectivity index (χ3v) is 3.43. The van der Waals surface area contributed by atoms with Gasteiger partial charge in [0.25, 0.3) is 11.5 Å². The molecule has 0 radical (unpaired) electrons. The first-order valence-electron chi connectivity index (χ1n) is 5.83. The van der Waals surface area contributed by atoms with Crippen LogP contribution in [-0.4, -0.2) is 21.4 Å². The highest BCUT2D eigenvalue weighted by Gasteiger charge is 2.46. The number of aromatic nitrogens is 2. The minimum Gasteiger partial charge on any atom is -0.346 e. The van der Waals surface area contributed by atoms with E-state index in [1.54, 1.807) is 6.92 Å². The summed E-state index contributed by atoms with van der Waals surface area (Å²) in [4.78, 5) is 30.0. The molecule has 0 bridgehead atoms. The fourth-order valence-corrected chi connectivity index (χ4v) is 1.92. The molecule has 2 N–H and O–H groups in total. The second-order valence-corrected chi connectivity index (χ2v) is 4.98. The molecule has 1 heterocycles. The Hall–Kier alpha value is -1.65. The van der Waals surface area contributed by atoms with Gasteiger partial charge in [0, 0.05) is 11.7 Å². The average molecular weight is 235 g/mol. The van der Waals surface area contributed by atoms with Crippen molar-refractivity contribution >= 4 is 5.91 Å². The van der Waals surface area contributed by atoms with Gasteiger partial charge in [0.1, 0.15) is 11.4 Å². The van der Waals surface area contributed by atoms with Gasteiger partial charge in [-0.05, 0) is 25.7 Å². The van der Waals surface area contributed by atoms with E-state index in [9.17, 15) is 9.59 Å². The van der Waals surface area contributed by atoms with Crippen molar-refractivity contribution in [1.82, 2.24) is 15.3 Å². The molecule has 0 aliphatic heterocycles. The second kappa shape index (κ2) is 3.98. The number of carbonyl (C=O) groups is 1. The summed E-state index contributed by atoms with van der Waals surface area (Å²) in [5.41, 5.74) is -0.411. The van der Waals surface area contributed by atoms with E-state index in [1.807, 2.05) is 0 Å². The predicted octanol–water partition coefficient (Wildman–Crippen LogP) is 0.997. The van der Waals surface area contributed by atoms with Gasteiger partial charge in [-0.1, -0.05) is 13.8 Å². The van der Waals surface area contributed by atoms with Crippen LogP contribution in [0.25, 0.3) is 0 Å². The van der Waals surface area contributed by atoms with Gasteiger partial charge in [-0.15, -0.1) is 0 Å². The zero-order valence-electron chi connectivity index (χ0n) is 10.3. The van der Waals surface area contributed by atoms with Crippen LogP contribution in [-0.2, 0) is 0 Å². The highest BCUT2D eigenvalue weighted by molar-refractivity contribution is 5.94. The number of rotatable bonds is 3. The summed E-state index contributed by atoms with van der Waals surface area (Å²) in [7, 11) is 0. The molecule has 5 nitrogen and oxygen atoms in total. The van der Waals surface area contributed by atoms with Crippen molar-refractivity contribution in [3.63, 3.8) is 0 Å². The van der Waals surface area contributed by atoms with Gasteiger partial charge in [0.2, 0.25) is 0 Å². The molecule has 1 aliphatic rings. The van der Waals surface area contributed by atoms with Gasteiger partial charge in [0.15, 0.2) is 0 Å². The van der Waals surface area contributed by atoms with Crippen molar-refractivity contribution in [2.45, 2.75) is 39.2 Å². The van der Waals surface area contributed by atoms with Crippen LogP contribution in [0.15, 0.2) is 11.0 Å². The van der Waals surface area contributed by atoms with Crippen LogP contribution in [0.2, 0.25) is 0 Å². The fraction of sp³-hybridized carbons (Fsp3) is 0.583. The highest BCUT2D eigenvalue weighted by atomic mass is 16.2. The molecule has 1 amide bonds. The SMILES string of the molecule is Cc1ncc(C(=O)NC2(C(C)C)CC2)c(=O)[nH]1. The summed E-state index contributed by atoms with van der Waals surface area (Å²) >= 11 is 0. The minimum absolute atomic E-state index is 0.0857. The van der Waals surface area contributed by atoms with Crippen LogP contribution >= 0.6 is 0 Å². The lowest BCUT2D eigenvalue weighted by molar-refractivity contribution is 0.0916. The molecular formula is C12H17N3O2. The summed E-state index contributed by atoms with van der Waals surface area (Å²) in [5.74, 6) is 0.561. The smallest absolute Gasteiger partial charge is 0.263 e. The molecular weight excluding hydrogens is 218 g/mol. The van der Waals surface area contributed by atoms with Crippen LogP contribution in [0, 0.1) is 12.8 Å². The first kappa shape index (κ1) is 11.8. The number of hydrogen-bond donors (Lipinski definition) is 2. The topological polar surface area (TPSA) is 74.8 Å². The van der Waals surface area contributed by atoms with Gasteiger partial charge in [-0.3, -0.25) is 9.59 Å². The van der Waals surface area contributed by atoms with Crippen LogP contribution in [0.4, 0.5) is 0 Å². The van der Waals surface area contributed by atoms with Crippen LogP contribution < -0.4 is 10.9 Å². The lowest BCUT2D eigenvalue weighted by Crippen LogP contribution is -2.42. The molecule has 1 fully saturated rings. The molecule has 1 aromatic heterocycles. The van der Waals surface area contributed by atoms with Crippen LogP contribution in [0.3, 0.4) is 0 Å². The van der Waals surface area contributed by atoms with Crippen LogP contribution in [0.1, 0.15) is 42.9 Å². The summed E-state index contributed by atoms with van der Waals surface area (Å²) in [6, 6.07) is 0. The molecule has 0 atom stereocenters. The Labute approximate surface area is 99.7 Å². The van der Waals surface area contributed by atoms with E-state index in [0.717, 1.165) is 12.8 Å². The molecule has 0 aromatic carbocycles. The maximum Gasteiger partial charge on any atom is 0.263 e. The largest absolute Gasteiger partial charge is 0.346 e. The van der Waals surface area contributed by atoms with E-state index in [-0.39, 0.29) is 22.6 Å². The Morgan fingerprint density at radius 2 is 2.18 bits per heavy atom. The van der Waals surface area contributed by atoms with Gasteiger partial charge in [-0.25, -0.2) is 4.98 Å². The summed E-state index contributed by atoms with van der Waals surface area (Å²) in [6.45, 7) is 5.83. The average Bonchev–Trinajstić information content (AvgIpc) is 2.98. The number of H-pyrrole nitrogens is 1. The van der Waals surface area contributed by atoms with Crippen molar-refractivity contribution < 1.29 is 4.79 Å². The van der Waals surface area contributed by atoms with Crippen molar-refractivity contribution in [3.8, 4) is 0 Å². The molecule has 0 saturated heterocycles. The van der Waals surface area contributed by atoms with Crippen LogP contribution in [0.5, 0.6) is 0 Å². The zero-order chi connectivity index (χ0) is 12.6. The van der Waals surface area contributed by atoms with Gasteiger partial charge in [-0.2, -0.15) is 0 Å². The molecule has 5 heteroatoms. The van der Waals surface area contributed by atoms with Crippen molar-refractivity contribution in [1.29, 1.82) is 0 Å². The Morgan fingerprint density at radius 1 is 1.53 bits per heavy atom. The Morgan fingerprint density at radius 3 is 2.65 bits per heavy atom. The maximum absolute atomic E-state index is 12.0. The third kappa shape index (κ3) is 2.23. The first-order valence-corrected chi connectivity index (χ1v) is 5.83. The van der Waals surface area contributed by atoms with E-state index in [2.05, 4.69) is 29.1 Å². The normalized spacial score (nSPS) is 16.9. The third-order valence-electron chi connectivity index (χ3n) is 3.43. The number of carbonyl (C=O) groups excluding carboxylic acids is 1. The van der Waals surface area contributed by atoms with E-state index in [4.69, 9.17) is 0 Å². The molecule has 1 aromatic rings. The molecule has 92 valence electrons. The van der Waals surface area contributed by atoms with Gasteiger partial charge >= 0.3 is 0 Å². The molecule has 1 aliphatic carbocycles. The highest BCUT2D eigenvalue weighted by Crippen LogP contribution is 2.42. The minimum atomic E-state index is -0.380. The lowest BCUT2D eigenvalue weighted by atomic mass is 10.0. The predicted molar refractivity (Wildman–Crippen MR) is 63.9 cm³/mol. The van der Waals surface area contributed by atoms with Crippen molar-refractivity contribution in [2.24, 2.45) is 5.92 Å². The lowest BCUT2D eigenvalue weighted by Gasteiger charge is -2.21. The Kier molecular flexibility index (Phi) is 2.77. The van der Waals surface area contributed by atoms with E-state index in [0.29, 0.717) is 11.7 Å². The Balaban J connectivity index is 2.18. The summed E-state index contributed by atoms with van der Waals surface area (Å²) < 4.78 is 0. The van der Waals surface area contributed by atoms with Crippen molar-refractivity contribution in [3.05, 3.63) is 27.9 Å². The quantitative estimate of drug-likeness (QED) is 0.820. The number of aryl methyl sites for hydroxylation is 1. The van der Waals surface area contributed by atoms with Crippen molar-refractivity contribution in [2.75, 3.05) is 0 Å². The number of aromatic amines is 1. The summed E-state index contributed by atoms with van der Waals surface area (Å²) in [6.07, 6.45) is 3.29. The van der Waals surface area contributed by atoms with E-state index < -0.39 is 0 Å². The molecule has 2 rings (SSSR count). The number of nitrogens with one attached hydrogen (secondary N) is 2. The maximum atomic E-state index is 12.0. The fourth-order valence-electron chi connectivity index (χ4n) is 1.92. The van der Waals surface area contributed by atoms with Gasteiger partial charge in [0.05, 0.1) is 0 Å². The number of hydrogen-bond acceptors (Lipinski definition) is 3. The number of amides is 1. The van der Waals surface area contributed by atoms with Gasteiger partial charge < -0.3 is 10.3 Å². The molecule has 0 unspecified atom stereocenters. The second-order valence-electron chi connectivity index (χ2n) is 4.98.